The second-order valence-corrected chi connectivity index (χ2v) is 7.48. The number of thioether (sulfide) groups is 1. The minimum absolute atomic E-state index is 0.0268. The molecule has 2 heterocycles. The molecule has 0 aliphatic heterocycles. The van der Waals surface area contributed by atoms with Crippen LogP contribution in [0, 0.1) is 13.8 Å². The second-order valence-electron chi connectivity index (χ2n) is 6.71. The summed E-state index contributed by atoms with van der Waals surface area (Å²) in [4.78, 5) is 25.5. The highest BCUT2D eigenvalue weighted by molar-refractivity contribution is 7.98. The van der Waals surface area contributed by atoms with Gasteiger partial charge in [0, 0.05) is 35.9 Å². The number of nitrogens with zero attached hydrogens (tertiary/aromatic N) is 4. The molecule has 0 spiro atoms. The molecule has 0 fully saturated rings. The van der Waals surface area contributed by atoms with E-state index in [2.05, 4.69) is 20.3 Å². The SMILES string of the molecule is CSc1nc(C)c(CCC(=O)N[C@@H](C)c2ccc(-n3ccnc3)cc2)c(C)n1. The van der Waals surface area contributed by atoms with Gasteiger partial charge in [0.1, 0.15) is 0 Å². The molecule has 0 aliphatic rings. The zero-order chi connectivity index (χ0) is 20.1. The van der Waals surface area contributed by atoms with Crippen molar-refractivity contribution >= 4 is 17.7 Å². The predicted octanol–water partition coefficient (Wildman–Crippen LogP) is 3.81. The minimum atomic E-state index is -0.0540. The van der Waals surface area contributed by atoms with Gasteiger partial charge in [-0.25, -0.2) is 15.0 Å². The number of amides is 1. The standard InChI is InChI=1S/C21H25N5OS/c1-14(17-5-7-18(8-6-17)26-12-11-22-13-26)23-20(27)10-9-19-15(2)24-21(28-4)25-16(19)3/h5-8,11-14H,9-10H2,1-4H3,(H,23,27)/t14-/m0/s1. The Bertz CT molecular complexity index is 915. The van der Waals surface area contributed by atoms with Gasteiger partial charge >= 0.3 is 0 Å². The average molecular weight is 396 g/mol. The third-order valence-corrected chi connectivity index (χ3v) is 5.31. The summed E-state index contributed by atoms with van der Waals surface area (Å²) in [7, 11) is 0. The summed E-state index contributed by atoms with van der Waals surface area (Å²) in [6.45, 7) is 5.95. The van der Waals surface area contributed by atoms with E-state index >= 15 is 0 Å². The highest BCUT2D eigenvalue weighted by Gasteiger charge is 2.13. The second kappa shape index (κ2) is 9.01. The summed E-state index contributed by atoms with van der Waals surface area (Å²) in [6, 6.07) is 8.06. The number of carbonyl (C=O) groups is 1. The van der Waals surface area contributed by atoms with Crippen LogP contribution in [0.5, 0.6) is 0 Å². The lowest BCUT2D eigenvalue weighted by Crippen LogP contribution is -2.27. The first kappa shape index (κ1) is 20.1. The molecule has 7 heteroatoms. The maximum Gasteiger partial charge on any atom is 0.220 e. The number of carbonyl (C=O) groups excluding carboxylic acids is 1. The van der Waals surface area contributed by atoms with E-state index < -0.39 is 0 Å². The van der Waals surface area contributed by atoms with Crippen LogP contribution < -0.4 is 5.32 Å². The third kappa shape index (κ3) is 4.78. The number of hydrogen-bond donors (Lipinski definition) is 1. The Morgan fingerprint density at radius 2 is 1.86 bits per heavy atom. The Balaban J connectivity index is 1.57. The first-order valence-electron chi connectivity index (χ1n) is 9.23. The highest BCUT2D eigenvalue weighted by Crippen LogP contribution is 2.18. The van der Waals surface area contributed by atoms with E-state index in [-0.39, 0.29) is 11.9 Å². The molecule has 1 N–H and O–H groups in total. The van der Waals surface area contributed by atoms with Gasteiger partial charge in [-0.1, -0.05) is 23.9 Å². The van der Waals surface area contributed by atoms with Crippen molar-refractivity contribution < 1.29 is 4.79 Å². The molecule has 0 unspecified atom stereocenters. The number of hydrogen-bond acceptors (Lipinski definition) is 5. The summed E-state index contributed by atoms with van der Waals surface area (Å²) in [5.41, 5.74) is 5.07. The molecule has 0 aliphatic carbocycles. The normalized spacial score (nSPS) is 12.0. The predicted molar refractivity (Wildman–Crippen MR) is 112 cm³/mol. The first-order valence-corrected chi connectivity index (χ1v) is 10.5. The van der Waals surface area contributed by atoms with Crippen molar-refractivity contribution in [1.82, 2.24) is 24.8 Å². The largest absolute Gasteiger partial charge is 0.350 e. The summed E-state index contributed by atoms with van der Waals surface area (Å²) in [5.74, 6) is 0.0268. The molecule has 146 valence electrons. The van der Waals surface area contributed by atoms with E-state index in [1.165, 1.54) is 11.8 Å². The van der Waals surface area contributed by atoms with Gasteiger partial charge in [0.05, 0.1) is 12.4 Å². The van der Waals surface area contributed by atoms with Gasteiger partial charge in [-0.2, -0.15) is 0 Å². The van der Waals surface area contributed by atoms with Gasteiger partial charge in [0.2, 0.25) is 5.91 Å². The summed E-state index contributed by atoms with van der Waals surface area (Å²) < 4.78 is 1.95. The molecule has 0 bridgehead atoms. The highest BCUT2D eigenvalue weighted by atomic mass is 32.2. The topological polar surface area (TPSA) is 72.7 Å². The lowest BCUT2D eigenvalue weighted by atomic mass is 10.1. The van der Waals surface area contributed by atoms with Crippen molar-refractivity contribution in [1.29, 1.82) is 0 Å². The molecular formula is C21H25N5OS. The van der Waals surface area contributed by atoms with Crippen LogP contribution in [0.4, 0.5) is 0 Å². The Hall–Kier alpha value is -2.67. The van der Waals surface area contributed by atoms with Crippen LogP contribution in [0.25, 0.3) is 5.69 Å². The van der Waals surface area contributed by atoms with E-state index in [9.17, 15) is 4.79 Å². The van der Waals surface area contributed by atoms with Gasteiger partial charge < -0.3 is 9.88 Å². The van der Waals surface area contributed by atoms with Crippen molar-refractivity contribution in [3.8, 4) is 5.69 Å². The maximum atomic E-state index is 12.4. The molecule has 0 saturated heterocycles. The molecule has 0 radical (unpaired) electrons. The van der Waals surface area contributed by atoms with Crippen molar-refractivity contribution in [3.63, 3.8) is 0 Å². The van der Waals surface area contributed by atoms with Gasteiger partial charge in [-0.15, -0.1) is 0 Å². The van der Waals surface area contributed by atoms with E-state index in [4.69, 9.17) is 0 Å². The number of aryl methyl sites for hydroxylation is 2. The van der Waals surface area contributed by atoms with Crippen LogP contribution in [-0.4, -0.2) is 31.7 Å². The Kier molecular flexibility index (Phi) is 6.46. The van der Waals surface area contributed by atoms with Gasteiger partial charge in [-0.3, -0.25) is 4.79 Å². The minimum Gasteiger partial charge on any atom is -0.350 e. The molecule has 6 nitrogen and oxygen atoms in total. The van der Waals surface area contributed by atoms with Crippen LogP contribution >= 0.6 is 11.8 Å². The Morgan fingerprint density at radius 3 is 2.43 bits per heavy atom. The van der Waals surface area contributed by atoms with Gasteiger partial charge in [-0.05, 0) is 56.7 Å². The monoisotopic (exact) mass is 395 g/mol. The molecular weight excluding hydrogens is 370 g/mol. The quantitative estimate of drug-likeness (QED) is 0.486. The first-order chi connectivity index (χ1) is 13.5. The molecule has 1 aromatic carbocycles. The maximum absolute atomic E-state index is 12.4. The average Bonchev–Trinajstić information content (AvgIpc) is 3.22. The van der Waals surface area contributed by atoms with E-state index in [0.717, 1.165) is 33.4 Å². The number of benzene rings is 1. The number of rotatable bonds is 7. The fraction of sp³-hybridized carbons (Fsp3) is 0.333. The number of nitrogens with one attached hydrogen (secondary N) is 1. The lowest BCUT2D eigenvalue weighted by molar-refractivity contribution is -0.121. The van der Waals surface area contributed by atoms with E-state index in [1.54, 1.807) is 12.5 Å². The van der Waals surface area contributed by atoms with Crippen molar-refractivity contribution in [3.05, 3.63) is 65.5 Å². The zero-order valence-corrected chi connectivity index (χ0v) is 17.5. The zero-order valence-electron chi connectivity index (χ0n) is 16.6. The third-order valence-electron chi connectivity index (χ3n) is 4.76. The van der Waals surface area contributed by atoms with Crippen LogP contribution in [0.3, 0.4) is 0 Å². The van der Waals surface area contributed by atoms with Crippen LogP contribution in [0.2, 0.25) is 0 Å². The van der Waals surface area contributed by atoms with Gasteiger partial charge in [0.25, 0.3) is 0 Å². The fourth-order valence-corrected chi connectivity index (χ4v) is 3.60. The van der Waals surface area contributed by atoms with Crippen molar-refractivity contribution in [2.45, 2.75) is 44.8 Å². The Morgan fingerprint density at radius 1 is 1.18 bits per heavy atom. The van der Waals surface area contributed by atoms with Crippen molar-refractivity contribution in [2.75, 3.05) is 6.26 Å². The molecule has 28 heavy (non-hydrogen) atoms. The number of imidazole rings is 1. The molecule has 0 saturated carbocycles. The molecule has 1 amide bonds. The summed E-state index contributed by atoms with van der Waals surface area (Å²) in [5, 5.41) is 3.85. The summed E-state index contributed by atoms with van der Waals surface area (Å²) >= 11 is 1.53. The summed E-state index contributed by atoms with van der Waals surface area (Å²) in [6.07, 6.45) is 8.44. The van der Waals surface area contributed by atoms with E-state index in [0.29, 0.717) is 12.8 Å². The van der Waals surface area contributed by atoms with Crippen LogP contribution in [-0.2, 0) is 11.2 Å². The van der Waals surface area contributed by atoms with Crippen LogP contribution in [0.15, 0.2) is 48.1 Å². The smallest absolute Gasteiger partial charge is 0.220 e. The van der Waals surface area contributed by atoms with Crippen LogP contribution in [0.1, 0.15) is 41.9 Å². The Labute approximate surface area is 169 Å². The molecule has 3 aromatic rings. The molecule has 3 rings (SSSR count). The fourth-order valence-electron chi connectivity index (χ4n) is 3.14. The molecule has 1 atom stereocenters. The van der Waals surface area contributed by atoms with Gasteiger partial charge in [0.15, 0.2) is 5.16 Å². The van der Waals surface area contributed by atoms with Crippen molar-refractivity contribution in [2.24, 2.45) is 0 Å². The van der Waals surface area contributed by atoms with E-state index in [1.807, 2.05) is 62.1 Å². The molecule has 2 aromatic heterocycles. The lowest BCUT2D eigenvalue weighted by Gasteiger charge is -2.16. The number of aromatic nitrogens is 4.